The molecule has 82 valence electrons. The maximum absolute atomic E-state index is 10.8. The topological polar surface area (TPSA) is 105 Å². The van der Waals surface area contributed by atoms with Crippen LogP contribution in [0.25, 0.3) is 0 Å². The number of hydrogen-bond acceptors (Lipinski definition) is 4. The molecule has 0 aliphatic heterocycles. The smallest absolute Gasteiger partial charge is 0.288 e. The SMILES string of the molecule is NC(=O)c1n[nH]c(C(O)c2ccccc2)n1. The lowest BCUT2D eigenvalue weighted by Gasteiger charge is -2.06. The molecule has 0 aliphatic carbocycles. The molecule has 1 atom stereocenters. The first-order valence-corrected chi connectivity index (χ1v) is 4.63. The number of benzene rings is 1. The Labute approximate surface area is 91.1 Å². The van der Waals surface area contributed by atoms with Crippen molar-refractivity contribution in [2.75, 3.05) is 0 Å². The fourth-order valence-corrected chi connectivity index (χ4v) is 1.30. The predicted molar refractivity (Wildman–Crippen MR) is 55.4 cm³/mol. The van der Waals surface area contributed by atoms with Crippen LogP contribution in [0.4, 0.5) is 0 Å². The van der Waals surface area contributed by atoms with Crippen molar-refractivity contribution >= 4 is 5.91 Å². The summed E-state index contributed by atoms with van der Waals surface area (Å²) < 4.78 is 0. The van der Waals surface area contributed by atoms with Crippen LogP contribution >= 0.6 is 0 Å². The number of carbonyl (C=O) groups excluding carboxylic acids is 1. The van der Waals surface area contributed by atoms with Crippen molar-refractivity contribution < 1.29 is 9.90 Å². The number of aromatic amines is 1. The van der Waals surface area contributed by atoms with Crippen LogP contribution in [0.1, 0.15) is 28.1 Å². The van der Waals surface area contributed by atoms with E-state index in [1.807, 2.05) is 6.07 Å². The number of hydrogen-bond donors (Lipinski definition) is 3. The minimum Gasteiger partial charge on any atom is -0.380 e. The van der Waals surface area contributed by atoms with Gasteiger partial charge in [0.2, 0.25) is 5.82 Å². The average molecular weight is 218 g/mol. The third-order valence-electron chi connectivity index (χ3n) is 2.10. The highest BCUT2D eigenvalue weighted by molar-refractivity contribution is 5.88. The number of aliphatic hydroxyl groups is 1. The highest BCUT2D eigenvalue weighted by Gasteiger charge is 2.16. The highest BCUT2D eigenvalue weighted by Crippen LogP contribution is 2.17. The molecule has 0 fully saturated rings. The van der Waals surface area contributed by atoms with E-state index in [2.05, 4.69) is 15.2 Å². The van der Waals surface area contributed by atoms with Crippen LogP contribution in [0.2, 0.25) is 0 Å². The Morgan fingerprint density at radius 2 is 2.06 bits per heavy atom. The summed E-state index contributed by atoms with van der Waals surface area (Å²) in [6.45, 7) is 0. The van der Waals surface area contributed by atoms with E-state index in [1.165, 1.54) is 0 Å². The number of carbonyl (C=O) groups is 1. The van der Waals surface area contributed by atoms with Gasteiger partial charge in [-0.1, -0.05) is 30.3 Å². The van der Waals surface area contributed by atoms with E-state index in [9.17, 15) is 9.90 Å². The molecule has 0 saturated carbocycles. The summed E-state index contributed by atoms with van der Waals surface area (Å²) in [5, 5.41) is 16.0. The number of nitrogens with one attached hydrogen (secondary N) is 1. The largest absolute Gasteiger partial charge is 0.380 e. The second-order valence-corrected chi connectivity index (χ2v) is 3.22. The highest BCUT2D eigenvalue weighted by atomic mass is 16.3. The van der Waals surface area contributed by atoms with Gasteiger partial charge < -0.3 is 10.8 Å². The van der Waals surface area contributed by atoms with Crippen molar-refractivity contribution in [3.63, 3.8) is 0 Å². The van der Waals surface area contributed by atoms with Gasteiger partial charge in [0.05, 0.1) is 0 Å². The summed E-state index contributed by atoms with van der Waals surface area (Å²) in [6, 6.07) is 8.92. The number of aliphatic hydroxyl groups excluding tert-OH is 1. The van der Waals surface area contributed by atoms with Crippen molar-refractivity contribution in [1.82, 2.24) is 15.2 Å². The maximum atomic E-state index is 10.8. The fourth-order valence-electron chi connectivity index (χ4n) is 1.30. The molecule has 0 radical (unpaired) electrons. The van der Waals surface area contributed by atoms with Crippen LogP contribution in [0.3, 0.4) is 0 Å². The van der Waals surface area contributed by atoms with Crippen molar-refractivity contribution in [2.45, 2.75) is 6.10 Å². The van der Waals surface area contributed by atoms with Gasteiger partial charge in [-0.25, -0.2) is 4.98 Å². The first kappa shape index (κ1) is 10.3. The van der Waals surface area contributed by atoms with Crippen molar-refractivity contribution in [3.8, 4) is 0 Å². The van der Waals surface area contributed by atoms with Crippen LogP contribution in [0, 0.1) is 0 Å². The van der Waals surface area contributed by atoms with E-state index in [0.29, 0.717) is 5.56 Å². The van der Waals surface area contributed by atoms with Gasteiger partial charge in [0.15, 0.2) is 5.82 Å². The van der Waals surface area contributed by atoms with Crippen molar-refractivity contribution in [1.29, 1.82) is 0 Å². The molecule has 1 unspecified atom stereocenters. The number of rotatable bonds is 3. The molecule has 0 aliphatic rings. The van der Waals surface area contributed by atoms with Gasteiger partial charge in [-0.3, -0.25) is 9.89 Å². The summed E-state index contributed by atoms with van der Waals surface area (Å²) in [7, 11) is 0. The van der Waals surface area contributed by atoms with E-state index in [0.717, 1.165) is 0 Å². The zero-order chi connectivity index (χ0) is 11.5. The summed E-state index contributed by atoms with van der Waals surface area (Å²) >= 11 is 0. The van der Waals surface area contributed by atoms with Crippen LogP contribution in [0.15, 0.2) is 30.3 Å². The fraction of sp³-hybridized carbons (Fsp3) is 0.100. The molecular formula is C10H10N4O2. The molecule has 0 saturated heterocycles. The van der Waals surface area contributed by atoms with Gasteiger partial charge in [0, 0.05) is 0 Å². The quantitative estimate of drug-likeness (QED) is 0.673. The van der Waals surface area contributed by atoms with Gasteiger partial charge in [-0.05, 0) is 5.56 Å². The molecule has 2 rings (SSSR count). The van der Waals surface area contributed by atoms with E-state index >= 15 is 0 Å². The summed E-state index contributed by atoms with van der Waals surface area (Å²) in [4.78, 5) is 14.6. The summed E-state index contributed by atoms with van der Waals surface area (Å²) in [6.07, 6.45) is -0.943. The van der Waals surface area contributed by atoms with Crippen LogP contribution < -0.4 is 5.73 Å². The monoisotopic (exact) mass is 218 g/mol. The molecule has 6 nitrogen and oxygen atoms in total. The number of nitrogens with two attached hydrogens (primary N) is 1. The first-order chi connectivity index (χ1) is 7.68. The maximum Gasteiger partial charge on any atom is 0.288 e. The van der Waals surface area contributed by atoms with Crippen LogP contribution in [-0.4, -0.2) is 26.2 Å². The normalized spacial score (nSPS) is 12.3. The van der Waals surface area contributed by atoms with Crippen LogP contribution in [0.5, 0.6) is 0 Å². The second-order valence-electron chi connectivity index (χ2n) is 3.22. The van der Waals surface area contributed by atoms with Gasteiger partial charge >= 0.3 is 0 Å². The first-order valence-electron chi connectivity index (χ1n) is 4.63. The zero-order valence-corrected chi connectivity index (χ0v) is 8.29. The van der Waals surface area contributed by atoms with Gasteiger partial charge in [0.1, 0.15) is 6.10 Å². The summed E-state index contributed by atoms with van der Waals surface area (Å²) in [5.74, 6) is -0.673. The van der Waals surface area contributed by atoms with E-state index in [4.69, 9.17) is 5.73 Å². The third kappa shape index (κ3) is 1.91. The van der Waals surface area contributed by atoms with Crippen molar-refractivity contribution in [3.05, 3.63) is 47.5 Å². The lowest BCUT2D eigenvalue weighted by atomic mass is 10.1. The number of primary amides is 1. The van der Waals surface area contributed by atoms with Gasteiger partial charge in [-0.15, -0.1) is 5.10 Å². The number of H-pyrrole nitrogens is 1. The van der Waals surface area contributed by atoms with E-state index in [-0.39, 0.29) is 11.6 Å². The van der Waals surface area contributed by atoms with Gasteiger partial charge in [0.25, 0.3) is 5.91 Å². The summed E-state index contributed by atoms with van der Waals surface area (Å²) in [5.41, 5.74) is 5.66. The number of amides is 1. The average Bonchev–Trinajstić information content (AvgIpc) is 2.78. The van der Waals surface area contributed by atoms with Crippen molar-refractivity contribution in [2.24, 2.45) is 5.73 Å². The molecule has 0 spiro atoms. The zero-order valence-electron chi connectivity index (χ0n) is 8.29. The Hall–Kier alpha value is -2.21. The molecule has 1 aromatic heterocycles. The molecule has 0 bridgehead atoms. The molecule has 1 amide bonds. The molecule has 1 heterocycles. The Morgan fingerprint density at radius 1 is 1.38 bits per heavy atom. The predicted octanol–water partition coefficient (Wildman–Crippen LogP) is -0.0147. The minimum atomic E-state index is -0.943. The molecule has 2 aromatic rings. The Morgan fingerprint density at radius 3 is 2.62 bits per heavy atom. The standard InChI is InChI=1S/C10H10N4O2/c11-8(16)10-12-9(13-14-10)7(15)6-4-2-1-3-5-6/h1-5,7,15H,(H2,11,16)(H,12,13,14). The second kappa shape index (κ2) is 4.11. The lowest BCUT2D eigenvalue weighted by Crippen LogP contribution is -2.13. The van der Waals surface area contributed by atoms with E-state index in [1.54, 1.807) is 24.3 Å². The Bertz CT molecular complexity index is 495. The molecule has 4 N–H and O–H groups in total. The van der Waals surface area contributed by atoms with E-state index < -0.39 is 12.0 Å². The third-order valence-corrected chi connectivity index (χ3v) is 2.10. The minimum absolute atomic E-state index is 0.134. The number of nitrogens with zero attached hydrogens (tertiary/aromatic N) is 2. The molecule has 1 aromatic carbocycles. The molecule has 6 heteroatoms. The Balaban J connectivity index is 2.27. The van der Waals surface area contributed by atoms with Gasteiger partial charge in [-0.2, -0.15) is 0 Å². The van der Waals surface area contributed by atoms with Crippen LogP contribution in [-0.2, 0) is 0 Å². The number of aromatic nitrogens is 3. The Kier molecular flexibility index (Phi) is 2.65. The molecule has 16 heavy (non-hydrogen) atoms. The lowest BCUT2D eigenvalue weighted by molar-refractivity contribution is 0.0990. The molecular weight excluding hydrogens is 208 g/mol.